The van der Waals surface area contributed by atoms with Crippen LogP contribution in [0.25, 0.3) is 0 Å². The molecule has 1 saturated heterocycles. The zero-order valence-electron chi connectivity index (χ0n) is 14.2. The average Bonchev–Trinajstić information content (AvgIpc) is 3.14. The molecule has 0 unspecified atom stereocenters. The Morgan fingerprint density at radius 1 is 1.29 bits per heavy atom. The van der Waals surface area contributed by atoms with Gasteiger partial charge in [0.05, 0.1) is 6.67 Å². The molecule has 24 heavy (non-hydrogen) atoms. The molecule has 0 bridgehead atoms. The monoisotopic (exact) mass is 347 g/mol. The van der Waals surface area contributed by atoms with Gasteiger partial charge in [0, 0.05) is 18.0 Å². The molecule has 6 heteroatoms. The Hall–Kier alpha value is -1.40. The fraction of sp³-hybridized carbons (Fsp3) is 0.667. The molecular formula is C18H25N3O2S. The maximum absolute atomic E-state index is 13.0. The van der Waals surface area contributed by atoms with Crippen molar-refractivity contribution >= 4 is 23.3 Å². The Morgan fingerprint density at radius 2 is 2.08 bits per heavy atom. The third kappa shape index (κ3) is 2.65. The minimum atomic E-state index is -0.708. The first-order valence-electron chi connectivity index (χ1n) is 8.99. The Morgan fingerprint density at radius 3 is 2.88 bits per heavy atom. The van der Waals surface area contributed by atoms with Crippen LogP contribution in [0.3, 0.4) is 0 Å². The normalized spacial score (nSPS) is 29.0. The first kappa shape index (κ1) is 16.1. The molecule has 2 aliphatic heterocycles. The average molecular weight is 347 g/mol. The lowest BCUT2D eigenvalue weighted by Gasteiger charge is -2.35. The predicted molar refractivity (Wildman–Crippen MR) is 93.7 cm³/mol. The molecule has 1 atom stereocenters. The Labute approximate surface area is 147 Å². The summed E-state index contributed by atoms with van der Waals surface area (Å²) in [6.45, 7) is 4.07. The number of amides is 3. The number of nitrogens with zero attached hydrogens (tertiary/aromatic N) is 2. The van der Waals surface area contributed by atoms with Gasteiger partial charge < -0.3 is 5.32 Å². The maximum atomic E-state index is 13.0. The molecule has 1 saturated carbocycles. The van der Waals surface area contributed by atoms with Crippen molar-refractivity contribution < 1.29 is 9.59 Å². The Kier molecular flexibility index (Phi) is 4.12. The second-order valence-electron chi connectivity index (χ2n) is 7.51. The summed E-state index contributed by atoms with van der Waals surface area (Å²) in [4.78, 5) is 30.6. The lowest BCUT2D eigenvalue weighted by atomic mass is 9.75. The number of carbonyl (C=O) groups is 2. The molecule has 0 radical (unpaired) electrons. The molecule has 4 rings (SSSR count). The van der Waals surface area contributed by atoms with Crippen LogP contribution in [0.4, 0.5) is 4.79 Å². The molecule has 3 heterocycles. The summed E-state index contributed by atoms with van der Waals surface area (Å²) < 4.78 is 0. The van der Waals surface area contributed by atoms with Crippen molar-refractivity contribution in [1.29, 1.82) is 0 Å². The maximum Gasteiger partial charge on any atom is 0.326 e. The standard InChI is InChI=1S/C18H25N3O2S/c1-18(14-5-3-2-4-6-14)16(22)21(17(23)19-18)12-20-9-7-15-13(11-20)8-10-24-15/h8,10,14H,2-7,9,11-12H2,1H3,(H,19,23)/t18-/m0/s1. The van der Waals surface area contributed by atoms with Gasteiger partial charge in [0.2, 0.25) is 0 Å². The quantitative estimate of drug-likeness (QED) is 0.855. The lowest BCUT2D eigenvalue weighted by molar-refractivity contribution is -0.134. The minimum Gasteiger partial charge on any atom is -0.323 e. The van der Waals surface area contributed by atoms with Crippen LogP contribution in [0.15, 0.2) is 11.4 Å². The summed E-state index contributed by atoms with van der Waals surface area (Å²) >= 11 is 1.80. The smallest absolute Gasteiger partial charge is 0.323 e. The number of hydrogen-bond acceptors (Lipinski definition) is 4. The van der Waals surface area contributed by atoms with Crippen molar-refractivity contribution in [3.05, 3.63) is 21.9 Å². The van der Waals surface area contributed by atoms with Gasteiger partial charge in [0.1, 0.15) is 5.54 Å². The summed E-state index contributed by atoms with van der Waals surface area (Å²) in [7, 11) is 0. The number of imide groups is 1. The molecule has 0 aromatic carbocycles. The van der Waals surface area contributed by atoms with E-state index >= 15 is 0 Å². The van der Waals surface area contributed by atoms with Gasteiger partial charge in [-0.1, -0.05) is 19.3 Å². The molecule has 130 valence electrons. The van der Waals surface area contributed by atoms with E-state index in [-0.39, 0.29) is 17.9 Å². The molecule has 3 amide bonds. The van der Waals surface area contributed by atoms with Crippen molar-refractivity contribution in [2.45, 2.75) is 57.5 Å². The van der Waals surface area contributed by atoms with Gasteiger partial charge in [-0.25, -0.2) is 9.69 Å². The SMILES string of the molecule is C[C@@]1(C2CCCCC2)NC(=O)N(CN2CCc3sccc3C2)C1=O. The van der Waals surface area contributed by atoms with Crippen LogP contribution in [0, 0.1) is 5.92 Å². The Balaban J connectivity index is 1.46. The molecule has 5 nitrogen and oxygen atoms in total. The van der Waals surface area contributed by atoms with E-state index in [0.29, 0.717) is 6.67 Å². The van der Waals surface area contributed by atoms with Gasteiger partial charge in [0.15, 0.2) is 0 Å². The van der Waals surface area contributed by atoms with Crippen LogP contribution < -0.4 is 5.32 Å². The van der Waals surface area contributed by atoms with Crippen LogP contribution in [-0.4, -0.2) is 40.5 Å². The van der Waals surface area contributed by atoms with E-state index in [1.807, 2.05) is 6.92 Å². The topological polar surface area (TPSA) is 52.7 Å². The van der Waals surface area contributed by atoms with Crippen LogP contribution >= 0.6 is 11.3 Å². The van der Waals surface area contributed by atoms with Gasteiger partial charge in [-0.2, -0.15) is 0 Å². The van der Waals surface area contributed by atoms with Gasteiger partial charge in [-0.05, 0) is 49.1 Å². The summed E-state index contributed by atoms with van der Waals surface area (Å²) in [5.74, 6) is 0.244. The third-order valence-electron chi connectivity index (χ3n) is 5.95. The number of thiophene rings is 1. The van der Waals surface area contributed by atoms with Crippen molar-refractivity contribution in [3.63, 3.8) is 0 Å². The van der Waals surface area contributed by atoms with Gasteiger partial charge in [0.25, 0.3) is 5.91 Å². The second-order valence-corrected chi connectivity index (χ2v) is 8.51. The number of urea groups is 1. The highest BCUT2D eigenvalue weighted by atomic mass is 32.1. The van der Waals surface area contributed by atoms with Crippen molar-refractivity contribution in [3.8, 4) is 0 Å². The molecular weight excluding hydrogens is 322 g/mol. The van der Waals surface area contributed by atoms with Crippen LogP contribution in [0.5, 0.6) is 0 Å². The zero-order chi connectivity index (χ0) is 16.7. The number of fused-ring (bicyclic) bond motifs is 1. The minimum absolute atomic E-state index is 0.0319. The number of nitrogens with one attached hydrogen (secondary N) is 1. The van der Waals surface area contributed by atoms with Crippen LogP contribution in [0.1, 0.15) is 49.5 Å². The van der Waals surface area contributed by atoms with Crippen LogP contribution in [0.2, 0.25) is 0 Å². The summed E-state index contributed by atoms with van der Waals surface area (Å²) in [6.07, 6.45) is 6.66. The van der Waals surface area contributed by atoms with Gasteiger partial charge in [-0.3, -0.25) is 9.69 Å². The molecule has 1 aromatic heterocycles. The third-order valence-corrected chi connectivity index (χ3v) is 6.97. The second kappa shape index (κ2) is 6.15. The number of hydrogen-bond donors (Lipinski definition) is 1. The van der Waals surface area contributed by atoms with E-state index in [0.717, 1.165) is 45.2 Å². The van der Waals surface area contributed by atoms with E-state index in [1.54, 1.807) is 11.3 Å². The molecule has 3 aliphatic rings. The van der Waals surface area contributed by atoms with Crippen molar-refractivity contribution in [2.75, 3.05) is 13.2 Å². The van der Waals surface area contributed by atoms with E-state index in [1.165, 1.54) is 21.8 Å². The first-order chi connectivity index (χ1) is 11.6. The number of rotatable bonds is 3. The highest BCUT2D eigenvalue weighted by Gasteiger charge is 2.52. The molecule has 1 aromatic rings. The largest absolute Gasteiger partial charge is 0.326 e. The summed E-state index contributed by atoms with van der Waals surface area (Å²) in [5, 5.41) is 5.14. The highest BCUT2D eigenvalue weighted by molar-refractivity contribution is 7.10. The first-order valence-corrected chi connectivity index (χ1v) is 9.87. The molecule has 1 N–H and O–H groups in total. The molecule has 2 fully saturated rings. The lowest BCUT2D eigenvalue weighted by Crippen LogP contribution is -2.51. The summed E-state index contributed by atoms with van der Waals surface area (Å²) in [5.41, 5.74) is 0.634. The zero-order valence-corrected chi connectivity index (χ0v) is 15.0. The van der Waals surface area contributed by atoms with Crippen LogP contribution in [-0.2, 0) is 17.8 Å². The van der Waals surface area contributed by atoms with Crippen molar-refractivity contribution in [2.24, 2.45) is 5.92 Å². The molecule has 1 aliphatic carbocycles. The fourth-order valence-electron chi connectivity index (χ4n) is 4.43. The van der Waals surface area contributed by atoms with E-state index in [2.05, 4.69) is 21.7 Å². The van der Waals surface area contributed by atoms with E-state index in [4.69, 9.17) is 0 Å². The van der Waals surface area contributed by atoms with Gasteiger partial charge in [-0.15, -0.1) is 11.3 Å². The highest BCUT2D eigenvalue weighted by Crippen LogP contribution is 2.36. The van der Waals surface area contributed by atoms with E-state index < -0.39 is 5.54 Å². The number of carbonyl (C=O) groups excluding carboxylic acids is 2. The Bertz CT molecular complexity index is 652. The van der Waals surface area contributed by atoms with Crippen molar-refractivity contribution in [1.82, 2.24) is 15.1 Å². The van der Waals surface area contributed by atoms with Gasteiger partial charge >= 0.3 is 6.03 Å². The molecule has 0 spiro atoms. The summed E-state index contributed by atoms with van der Waals surface area (Å²) in [6, 6.07) is 1.94. The predicted octanol–water partition coefficient (Wildman–Crippen LogP) is 2.95. The fourth-order valence-corrected chi connectivity index (χ4v) is 5.32. The van der Waals surface area contributed by atoms with E-state index in [9.17, 15) is 9.59 Å².